The van der Waals surface area contributed by atoms with Gasteiger partial charge in [-0.15, -0.1) is 0 Å². The molecule has 0 aliphatic carbocycles. The number of hydrogen-bond donors (Lipinski definition) is 1. The van der Waals surface area contributed by atoms with Crippen molar-refractivity contribution in [3.63, 3.8) is 0 Å². The average Bonchev–Trinajstić information content (AvgIpc) is 2.73. The van der Waals surface area contributed by atoms with Crippen molar-refractivity contribution >= 4 is 11.8 Å². The molecule has 5 heteroatoms. The van der Waals surface area contributed by atoms with Crippen molar-refractivity contribution < 1.29 is 5.11 Å². The highest BCUT2D eigenvalue weighted by Crippen LogP contribution is 2.19. The van der Waals surface area contributed by atoms with Gasteiger partial charge in [-0.2, -0.15) is 16.9 Å². The van der Waals surface area contributed by atoms with E-state index in [2.05, 4.69) is 17.0 Å². The van der Waals surface area contributed by atoms with Crippen LogP contribution in [-0.2, 0) is 13.5 Å². The van der Waals surface area contributed by atoms with Gasteiger partial charge in [-0.25, -0.2) is 0 Å². The molecular weight excluding hydrogens is 234 g/mol. The third-order valence-corrected chi connectivity index (χ3v) is 4.42. The Morgan fingerprint density at radius 1 is 1.59 bits per heavy atom. The number of rotatable bonds is 4. The summed E-state index contributed by atoms with van der Waals surface area (Å²) >= 11 is 1.94. The van der Waals surface area contributed by atoms with Crippen LogP contribution in [0.1, 0.15) is 12.0 Å². The van der Waals surface area contributed by atoms with Crippen LogP contribution in [0.4, 0.5) is 0 Å². The van der Waals surface area contributed by atoms with Crippen molar-refractivity contribution in [3.05, 3.63) is 18.0 Å². The van der Waals surface area contributed by atoms with Gasteiger partial charge in [-0.05, 0) is 25.5 Å². The molecular formula is C12H21N3OS. The molecule has 1 aliphatic rings. The summed E-state index contributed by atoms with van der Waals surface area (Å²) in [6.45, 7) is 1.08. The van der Waals surface area contributed by atoms with Crippen LogP contribution >= 0.6 is 11.8 Å². The molecule has 1 aliphatic heterocycles. The molecule has 0 amide bonds. The van der Waals surface area contributed by atoms with Crippen LogP contribution in [0.25, 0.3) is 0 Å². The zero-order valence-electron chi connectivity index (χ0n) is 10.5. The second-order valence-electron chi connectivity index (χ2n) is 4.75. The lowest BCUT2D eigenvalue weighted by Gasteiger charge is -2.35. The van der Waals surface area contributed by atoms with Gasteiger partial charge >= 0.3 is 0 Å². The van der Waals surface area contributed by atoms with E-state index in [0.717, 1.165) is 25.1 Å². The molecule has 1 aromatic heterocycles. The molecule has 0 spiro atoms. The maximum absolute atomic E-state index is 10.2. The van der Waals surface area contributed by atoms with E-state index in [9.17, 15) is 5.11 Å². The number of thioether (sulfide) groups is 1. The highest BCUT2D eigenvalue weighted by atomic mass is 32.2. The fourth-order valence-electron chi connectivity index (χ4n) is 2.22. The smallest absolute Gasteiger partial charge is 0.0706 e. The van der Waals surface area contributed by atoms with E-state index < -0.39 is 0 Å². The van der Waals surface area contributed by atoms with Crippen LogP contribution in [0.2, 0.25) is 0 Å². The minimum absolute atomic E-state index is 0.229. The molecule has 1 fully saturated rings. The normalized spacial score (nSPS) is 23.8. The lowest BCUT2D eigenvalue weighted by atomic mass is 10.0. The van der Waals surface area contributed by atoms with E-state index in [1.54, 1.807) is 0 Å². The molecule has 4 nitrogen and oxygen atoms in total. The zero-order chi connectivity index (χ0) is 12.3. The molecule has 2 unspecified atom stereocenters. The highest BCUT2D eigenvalue weighted by Gasteiger charge is 2.26. The first-order valence-electron chi connectivity index (χ1n) is 6.10. The number of nitrogens with zero attached hydrogens (tertiary/aromatic N) is 3. The van der Waals surface area contributed by atoms with Gasteiger partial charge in [0.25, 0.3) is 0 Å². The first-order chi connectivity index (χ1) is 8.16. The fourth-order valence-corrected chi connectivity index (χ4v) is 3.52. The molecule has 2 heterocycles. The van der Waals surface area contributed by atoms with E-state index in [1.165, 1.54) is 11.3 Å². The van der Waals surface area contributed by atoms with Crippen molar-refractivity contribution in [2.24, 2.45) is 7.05 Å². The quantitative estimate of drug-likeness (QED) is 0.862. The second-order valence-corrected chi connectivity index (χ2v) is 5.90. The van der Waals surface area contributed by atoms with Gasteiger partial charge in [0.2, 0.25) is 0 Å². The maximum Gasteiger partial charge on any atom is 0.0706 e. The monoisotopic (exact) mass is 255 g/mol. The SMILES string of the molecule is CN1CCSCC1C(O)CCc1cnn(C)c1. The van der Waals surface area contributed by atoms with Crippen LogP contribution in [0.15, 0.2) is 12.4 Å². The Hall–Kier alpha value is -0.520. The van der Waals surface area contributed by atoms with Gasteiger partial charge < -0.3 is 5.11 Å². The second kappa shape index (κ2) is 5.89. The van der Waals surface area contributed by atoms with Gasteiger partial charge in [-0.1, -0.05) is 0 Å². The van der Waals surface area contributed by atoms with E-state index in [4.69, 9.17) is 0 Å². The summed E-state index contributed by atoms with van der Waals surface area (Å²) in [4.78, 5) is 2.28. The van der Waals surface area contributed by atoms with E-state index in [-0.39, 0.29) is 6.10 Å². The van der Waals surface area contributed by atoms with Crippen LogP contribution in [0, 0.1) is 0 Å². The number of aryl methyl sites for hydroxylation is 2. The summed E-state index contributed by atoms with van der Waals surface area (Å²) in [6.07, 6.45) is 5.40. The molecule has 0 radical (unpaired) electrons. The maximum atomic E-state index is 10.2. The molecule has 0 saturated carbocycles. The predicted molar refractivity (Wildman–Crippen MR) is 71.3 cm³/mol. The molecule has 2 atom stereocenters. The average molecular weight is 255 g/mol. The van der Waals surface area contributed by atoms with Gasteiger partial charge in [0.15, 0.2) is 0 Å². The number of likely N-dealkylation sites (N-methyl/N-ethyl adjacent to an activating group) is 1. The molecule has 0 aromatic carbocycles. The molecule has 1 saturated heterocycles. The number of aromatic nitrogens is 2. The third kappa shape index (κ3) is 3.47. The highest BCUT2D eigenvalue weighted by molar-refractivity contribution is 7.99. The van der Waals surface area contributed by atoms with Crippen molar-refractivity contribution in [1.29, 1.82) is 0 Å². The topological polar surface area (TPSA) is 41.3 Å². The number of aliphatic hydroxyl groups excluding tert-OH is 1. The number of hydrogen-bond acceptors (Lipinski definition) is 4. The van der Waals surface area contributed by atoms with Crippen LogP contribution in [0.5, 0.6) is 0 Å². The zero-order valence-corrected chi connectivity index (χ0v) is 11.4. The molecule has 1 aromatic rings. The van der Waals surface area contributed by atoms with Crippen LogP contribution < -0.4 is 0 Å². The Bertz CT molecular complexity index is 355. The third-order valence-electron chi connectivity index (χ3n) is 3.37. The summed E-state index contributed by atoms with van der Waals surface area (Å²) in [5.41, 5.74) is 1.21. The molecule has 17 heavy (non-hydrogen) atoms. The van der Waals surface area contributed by atoms with Crippen molar-refractivity contribution in [1.82, 2.24) is 14.7 Å². The van der Waals surface area contributed by atoms with Crippen LogP contribution in [-0.4, -0.2) is 57.0 Å². The Balaban J connectivity index is 1.82. The number of aliphatic hydroxyl groups is 1. The predicted octanol–water partition coefficient (Wildman–Crippen LogP) is 0.761. The molecule has 0 bridgehead atoms. The van der Waals surface area contributed by atoms with Crippen molar-refractivity contribution in [2.75, 3.05) is 25.1 Å². The summed E-state index contributed by atoms with van der Waals surface area (Å²) in [5.74, 6) is 2.23. The standard InChI is InChI=1S/C12H21N3OS/c1-14-5-6-17-9-11(14)12(16)4-3-10-7-13-15(2)8-10/h7-8,11-12,16H,3-6,9H2,1-2H3. The fraction of sp³-hybridized carbons (Fsp3) is 0.750. The minimum Gasteiger partial charge on any atom is -0.391 e. The lowest BCUT2D eigenvalue weighted by molar-refractivity contribution is 0.0697. The molecule has 2 rings (SSSR count). The van der Waals surface area contributed by atoms with Gasteiger partial charge in [0.05, 0.1) is 12.3 Å². The molecule has 96 valence electrons. The summed E-state index contributed by atoms with van der Waals surface area (Å²) in [7, 11) is 4.03. The van der Waals surface area contributed by atoms with E-state index in [1.807, 2.05) is 35.9 Å². The Kier molecular flexibility index (Phi) is 4.48. The van der Waals surface area contributed by atoms with E-state index >= 15 is 0 Å². The summed E-state index contributed by atoms with van der Waals surface area (Å²) in [5, 5.41) is 14.4. The van der Waals surface area contributed by atoms with Crippen LogP contribution in [0.3, 0.4) is 0 Å². The molecule has 1 N–H and O–H groups in total. The summed E-state index contributed by atoms with van der Waals surface area (Å²) in [6, 6.07) is 0.311. The first-order valence-corrected chi connectivity index (χ1v) is 7.26. The summed E-state index contributed by atoms with van der Waals surface area (Å²) < 4.78 is 1.81. The first kappa shape index (κ1) is 12.9. The van der Waals surface area contributed by atoms with Crippen molar-refractivity contribution in [3.8, 4) is 0 Å². The van der Waals surface area contributed by atoms with E-state index in [0.29, 0.717) is 6.04 Å². The Morgan fingerprint density at radius 3 is 3.06 bits per heavy atom. The largest absolute Gasteiger partial charge is 0.391 e. The van der Waals surface area contributed by atoms with Gasteiger partial charge in [0, 0.05) is 37.3 Å². The minimum atomic E-state index is -0.229. The van der Waals surface area contributed by atoms with Gasteiger partial charge in [0.1, 0.15) is 0 Å². The Labute approximate surface area is 107 Å². The van der Waals surface area contributed by atoms with Crippen molar-refractivity contribution in [2.45, 2.75) is 25.0 Å². The Morgan fingerprint density at radius 2 is 2.41 bits per heavy atom. The van der Waals surface area contributed by atoms with Gasteiger partial charge in [-0.3, -0.25) is 9.58 Å². The lowest BCUT2D eigenvalue weighted by Crippen LogP contribution is -2.47.